The van der Waals surface area contributed by atoms with Gasteiger partial charge in [0.1, 0.15) is 23.0 Å². The van der Waals surface area contributed by atoms with Crippen LogP contribution in [0.1, 0.15) is 41.9 Å². The molecule has 1 unspecified atom stereocenters. The Morgan fingerprint density at radius 2 is 1.59 bits per heavy atom. The first-order chi connectivity index (χ1) is 13.5. The number of aliphatic carboxylic acids is 1. The van der Waals surface area contributed by atoms with Crippen molar-refractivity contribution in [2.24, 2.45) is 5.92 Å². The minimum absolute atomic E-state index is 0.222. The Morgan fingerprint density at radius 1 is 1.00 bits per heavy atom. The number of nitrogens with one attached hydrogen (secondary N) is 1. The van der Waals surface area contributed by atoms with Crippen molar-refractivity contribution in [2.45, 2.75) is 54.0 Å². The lowest BCUT2D eigenvalue weighted by atomic mass is 9.98. The summed E-state index contributed by atoms with van der Waals surface area (Å²) >= 11 is 0. The number of carboxylic acid groups (broad SMARTS) is 1. The molecule has 3 rings (SSSR count). The van der Waals surface area contributed by atoms with Crippen LogP contribution in [0.5, 0.6) is 0 Å². The summed E-state index contributed by atoms with van der Waals surface area (Å²) in [5.41, 5.74) is 3.12. The van der Waals surface area contributed by atoms with Gasteiger partial charge in [-0.3, -0.25) is 4.79 Å². The van der Waals surface area contributed by atoms with Gasteiger partial charge in [-0.1, -0.05) is 13.8 Å². The van der Waals surface area contributed by atoms with E-state index in [1.807, 2.05) is 26.8 Å². The Morgan fingerprint density at radius 3 is 2.17 bits per heavy atom. The molecule has 0 aliphatic carbocycles. The zero-order valence-electron chi connectivity index (χ0n) is 17.4. The average Bonchev–Trinajstić information content (AvgIpc) is 2.92. The van der Waals surface area contributed by atoms with Crippen molar-refractivity contribution in [2.75, 3.05) is 0 Å². The van der Waals surface area contributed by atoms with Crippen LogP contribution in [0.2, 0.25) is 0 Å². The number of fused-ring (bicyclic) bond motifs is 2. The summed E-state index contributed by atoms with van der Waals surface area (Å²) in [5.74, 6) is -1.13. The molecule has 0 fully saturated rings. The highest BCUT2D eigenvalue weighted by atomic mass is 16.4. The number of rotatable bonds is 5. The van der Waals surface area contributed by atoms with Gasteiger partial charge in [0, 0.05) is 16.3 Å². The fraction of sp³-hybridized carbons (Fsp3) is 0.409. The van der Waals surface area contributed by atoms with E-state index in [2.05, 4.69) is 5.32 Å². The third kappa shape index (κ3) is 3.52. The van der Waals surface area contributed by atoms with Gasteiger partial charge < -0.3 is 19.3 Å². The van der Waals surface area contributed by atoms with Crippen molar-refractivity contribution in [1.29, 1.82) is 0 Å². The van der Waals surface area contributed by atoms with Crippen molar-refractivity contribution in [3.63, 3.8) is 0 Å². The Labute approximate surface area is 167 Å². The van der Waals surface area contributed by atoms with Crippen LogP contribution >= 0.6 is 0 Å². The van der Waals surface area contributed by atoms with Gasteiger partial charge in [0.25, 0.3) is 0 Å². The van der Waals surface area contributed by atoms with E-state index in [9.17, 15) is 19.5 Å². The van der Waals surface area contributed by atoms with Crippen LogP contribution < -0.4 is 10.9 Å². The quantitative estimate of drug-likeness (QED) is 0.635. The van der Waals surface area contributed by atoms with Gasteiger partial charge >= 0.3 is 11.6 Å². The van der Waals surface area contributed by atoms with E-state index >= 15 is 0 Å². The lowest BCUT2D eigenvalue weighted by molar-refractivity contribution is -0.143. The first-order valence-electron chi connectivity index (χ1n) is 9.50. The number of amides is 1. The highest BCUT2D eigenvalue weighted by molar-refractivity contribution is 6.00. The molecule has 3 aromatic rings. The molecule has 0 bridgehead atoms. The molecular formula is C22H25NO6. The minimum atomic E-state index is -1.11. The molecule has 1 atom stereocenters. The molecule has 0 aliphatic rings. The highest BCUT2D eigenvalue weighted by Crippen LogP contribution is 2.34. The van der Waals surface area contributed by atoms with E-state index in [4.69, 9.17) is 8.83 Å². The van der Waals surface area contributed by atoms with E-state index in [0.29, 0.717) is 16.7 Å². The molecule has 0 saturated heterocycles. The first kappa shape index (κ1) is 20.6. The van der Waals surface area contributed by atoms with Gasteiger partial charge in [-0.15, -0.1) is 0 Å². The van der Waals surface area contributed by atoms with Crippen LogP contribution in [0.15, 0.2) is 19.7 Å². The maximum Gasteiger partial charge on any atom is 0.340 e. The summed E-state index contributed by atoms with van der Waals surface area (Å²) in [6.07, 6.45) is -0.249. The third-order valence-electron chi connectivity index (χ3n) is 5.53. The number of hydrogen-bond acceptors (Lipinski definition) is 5. The first-order valence-corrected chi connectivity index (χ1v) is 9.50. The Bertz CT molecular complexity index is 1200. The molecule has 7 nitrogen and oxygen atoms in total. The number of benzene rings is 1. The van der Waals surface area contributed by atoms with E-state index in [1.165, 1.54) is 0 Å². The second-order valence-corrected chi connectivity index (χ2v) is 7.84. The van der Waals surface area contributed by atoms with Crippen LogP contribution in [0.3, 0.4) is 0 Å². The minimum Gasteiger partial charge on any atom is -0.480 e. The molecule has 29 heavy (non-hydrogen) atoms. The van der Waals surface area contributed by atoms with Crippen LogP contribution in [-0.2, 0) is 16.0 Å². The molecule has 7 heteroatoms. The lowest BCUT2D eigenvalue weighted by Gasteiger charge is -2.18. The van der Waals surface area contributed by atoms with E-state index < -0.39 is 23.5 Å². The van der Waals surface area contributed by atoms with Gasteiger partial charge in [0.05, 0.1) is 12.0 Å². The molecule has 0 aliphatic heterocycles. The van der Waals surface area contributed by atoms with Gasteiger partial charge in [-0.05, 0) is 50.8 Å². The van der Waals surface area contributed by atoms with Crippen LogP contribution in [0.25, 0.3) is 21.9 Å². The van der Waals surface area contributed by atoms with E-state index in [0.717, 1.165) is 27.7 Å². The molecule has 0 spiro atoms. The number of furan rings is 1. The SMILES string of the molecule is Cc1oc2c(C)c3oc(=O)c(CC(=O)NC(C(=O)O)C(C)C)c(C)c3cc2c1C. The maximum atomic E-state index is 12.6. The summed E-state index contributed by atoms with van der Waals surface area (Å²) in [7, 11) is 0. The number of aryl methyl sites for hydroxylation is 4. The van der Waals surface area contributed by atoms with Gasteiger partial charge in [-0.25, -0.2) is 9.59 Å². The van der Waals surface area contributed by atoms with Crippen LogP contribution in [0.4, 0.5) is 0 Å². The number of carbonyl (C=O) groups is 2. The fourth-order valence-electron chi connectivity index (χ4n) is 3.60. The topological polar surface area (TPSA) is 110 Å². The second-order valence-electron chi connectivity index (χ2n) is 7.84. The largest absolute Gasteiger partial charge is 0.480 e. The van der Waals surface area contributed by atoms with Crippen LogP contribution in [-0.4, -0.2) is 23.0 Å². The Hall–Kier alpha value is -3.09. The predicted molar refractivity (Wildman–Crippen MR) is 109 cm³/mol. The zero-order valence-corrected chi connectivity index (χ0v) is 17.4. The third-order valence-corrected chi connectivity index (χ3v) is 5.53. The smallest absolute Gasteiger partial charge is 0.340 e. The van der Waals surface area contributed by atoms with E-state index in [1.54, 1.807) is 20.8 Å². The summed E-state index contributed by atoms with van der Waals surface area (Å²) < 4.78 is 11.4. The van der Waals surface area contributed by atoms with Crippen molar-refractivity contribution in [3.05, 3.63) is 44.5 Å². The molecule has 2 aromatic heterocycles. The number of carbonyl (C=O) groups excluding carboxylic acids is 1. The normalized spacial score (nSPS) is 12.7. The molecular weight excluding hydrogens is 374 g/mol. The van der Waals surface area contributed by atoms with Gasteiger partial charge in [0.2, 0.25) is 5.91 Å². The average molecular weight is 399 g/mol. The Kier molecular flexibility index (Phi) is 5.26. The number of carboxylic acids is 1. The molecule has 2 N–H and O–H groups in total. The van der Waals surface area contributed by atoms with Crippen molar-refractivity contribution in [1.82, 2.24) is 5.32 Å². The van der Waals surface area contributed by atoms with E-state index in [-0.39, 0.29) is 17.9 Å². The molecule has 2 heterocycles. The zero-order chi connectivity index (χ0) is 21.6. The van der Waals surface area contributed by atoms with Crippen molar-refractivity contribution < 1.29 is 23.5 Å². The summed E-state index contributed by atoms with van der Waals surface area (Å²) in [6, 6.07) is 0.894. The molecule has 0 saturated carbocycles. The molecule has 1 amide bonds. The lowest BCUT2D eigenvalue weighted by Crippen LogP contribution is -2.45. The molecule has 0 radical (unpaired) electrons. The Balaban J connectivity index is 2.09. The monoisotopic (exact) mass is 399 g/mol. The van der Waals surface area contributed by atoms with Crippen LogP contribution in [0, 0.1) is 33.6 Å². The van der Waals surface area contributed by atoms with Gasteiger partial charge in [-0.2, -0.15) is 0 Å². The standard InChI is InChI=1S/C22H25NO6/c1-9(2)18(21(25)26)23-17(24)8-16-11(4)15-7-14-10(3)13(6)28-19(14)12(5)20(15)29-22(16)27/h7,9,18H,8H2,1-6H3,(H,23,24)(H,25,26). The summed E-state index contributed by atoms with van der Waals surface area (Å²) in [4.78, 5) is 36.4. The number of hydrogen-bond donors (Lipinski definition) is 2. The second kappa shape index (κ2) is 7.39. The summed E-state index contributed by atoms with van der Waals surface area (Å²) in [6.45, 7) is 10.9. The molecule has 1 aromatic carbocycles. The predicted octanol–water partition coefficient (Wildman–Crippen LogP) is 3.54. The van der Waals surface area contributed by atoms with Crippen molar-refractivity contribution >= 4 is 33.8 Å². The highest BCUT2D eigenvalue weighted by Gasteiger charge is 2.25. The van der Waals surface area contributed by atoms with Gasteiger partial charge in [0.15, 0.2) is 0 Å². The maximum absolute atomic E-state index is 12.6. The fourth-order valence-corrected chi connectivity index (χ4v) is 3.60. The molecule has 154 valence electrons. The summed E-state index contributed by atoms with van der Waals surface area (Å²) in [5, 5.41) is 13.4. The van der Waals surface area contributed by atoms with Crippen molar-refractivity contribution in [3.8, 4) is 0 Å².